The van der Waals surface area contributed by atoms with Crippen molar-refractivity contribution in [1.29, 1.82) is 0 Å². The maximum Gasteiger partial charge on any atom is 0.262 e. The lowest BCUT2D eigenvalue weighted by Crippen LogP contribution is -2.28. The zero-order valence-electron chi connectivity index (χ0n) is 17.3. The Bertz CT molecular complexity index is 1240. The van der Waals surface area contributed by atoms with Gasteiger partial charge in [-0.2, -0.15) is 0 Å². The van der Waals surface area contributed by atoms with Gasteiger partial charge in [-0.15, -0.1) is 11.3 Å². The average Bonchev–Trinajstić information content (AvgIpc) is 3.48. The fraction of sp³-hybridized carbons (Fsp3) is 0.391. The van der Waals surface area contributed by atoms with E-state index in [1.165, 1.54) is 15.8 Å². The fourth-order valence-corrected chi connectivity index (χ4v) is 5.41. The Balaban J connectivity index is 1.33. The maximum absolute atomic E-state index is 13.1. The van der Waals surface area contributed by atoms with Gasteiger partial charge in [0.1, 0.15) is 11.4 Å². The fourth-order valence-electron chi connectivity index (χ4n) is 4.07. The van der Waals surface area contributed by atoms with E-state index >= 15 is 0 Å². The molecule has 0 aliphatic heterocycles. The predicted octanol–water partition coefficient (Wildman–Crippen LogP) is 3.11. The molecule has 1 aromatic carbocycles. The topological polar surface area (TPSA) is 93.1 Å². The molecular formula is C23H24N4O3S. The number of thiophene rings is 1. The zero-order chi connectivity index (χ0) is 21.5. The van der Waals surface area contributed by atoms with Crippen LogP contribution in [-0.4, -0.2) is 27.4 Å². The highest BCUT2D eigenvalue weighted by Gasteiger charge is 2.25. The lowest BCUT2D eigenvalue weighted by molar-refractivity contribution is -0.116. The number of anilines is 1. The summed E-state index contributed by atoms with van der Waals surface area (Å²) in [5.74, 6) is 0.150. The molecule has 2 heterocycles. The van der Waals surface area contributed by atoms with Crippen molar-refractivity contribution < 1.29 is 9.59 Å². The second-order valence-electron chi connectivity index (χ2n) is 8.59. The Morgan fingerprint density at radius 1 is 1.26 bits per heavy atom. The summed E-state index contributed by atoms with van der Waals surface area (Å²) in [5, 5.41) is 6.39. The number of carbonyl (C=O) groups excluding carboxylic acids is 2. The number of hydrogen-bond donors (Lipinski definition) is 2. The molecule has 1 saturated carbocycles. The molecule has 31 heavy (non-hydrogen) atoms. The molecule has 5 rings (SSSR count). The van der Waals surface area contributed by atoms with Crippen LogP contribution in [0.1, 0.15) is 47.0 Å². The molecule has 7 nitrogen and oxygen atoms in total. The summed E-state index contributed by atoms with van der Waals surface area (Å²) >= 11 is 1.60. The van der Waals surface area contributed by atoms with E-state index in [1.54, 1.807) is 35.6 Å². The first-order valence-corrected chi connectivity index (χ1v) is 11.5. The second-order valence-corrected chi connectivity index (χ2v) is 9.67. The van der Waals surface area contributed by atoms with Crippen molar-refractivity contribution in [2.24, 2.45) is 5.92 Å². The van der Waals surface area contributed by atoms with Gasteiger partial charge in [0.25, 0.3) is 11.5 Å². The summed E-state index contributed by atoms with van der Waals surface area (Å²) in [5.41, 5.74) is 1.98. The highest BCUT2D eigenvalue weighted by Crippen LogP contribution is 2.35. The van der Waals surface area contributed by atoms with E-state index < -0.39 is 0 Å². The van der Waals surface area contributed by atoms with Crippen LogP contribution in [0, 0.1) is 5.92 Å². The number of hydrogen-bond acceptors (Lipinski definition) is 5. The molecule has 0 radical (unpaired) electrons. The largest absolute Gasteiger partial charge is 0.349 e. The van der Waals surface area contributed by atoms with E-state index in [2.05, 4.69) is 22.5 Å². The van der Waals surface area contributed by atoms with Gasteiger partial charge in [0, 0.05) is 22.2 Å². The van der Waals surface area contributed by atoms with Gasteiger partial charge in [-0.25, -0.2) is 4.98 Å². The van der Waals surface area contributed by atoms with E-state index in [-0.39, 0.29) is 30.0 Å². The number of aryl methyl sites for hydroxylation is 1. The zero-order valence-corrected chi connectivity index (χ0v) is 18.1. The van der Waals surface area contributed by atoms with Gasteiger partial charge < -0.3 is 10.6 Å². The molecule has 2 amide bonds. The third-order valence-corrected chi connectivity index (χ3v) is 7.08. The Morgan fingerprint density at radius 3 is 2.90 bits per heavy atom. The number of carbonyl (C=O) groups is 2. The molecule has 0 saturated heterocycles. The molecular weight excluding hydrogens is 412 g/mol. The minimum atomic E-state index is -0.333. The summed E-state index contributed by atoms with van der Waals surface area (Å²) in [7, 11) is 0. The first kappa shape index (κ1) is 19.9. The molecule has 2 aliphatic carbocycles. The third-order valence-electron chi connectivity index (χ3n) is 5.92. The van der Waals surface area contributed by atoms with Crippen LogP contribution >= 0.6 is 11.3 Å². The maximum atomic E-state index is 13.1. The van der Waals surface area contributed by atoms with E-state index in [4.69, 9.17) is 0 Å². The molecule has 160 valence electrons. The summed E-state index contributed by atoms with van der Waals surface area (Å²) in [4.78, 5) is 44.4. The Kier molecular flexibility index (Phi) is 5.09. The first-order chi connectivity index (χ1) is 15.0. The average molecular weight is 437 g/mol. The van der Waals surface area contributed by atoms with Crippen LogP contribution in [0.4, 0.5) is 5.69 Å². The normalized spacial score (nSPS) is 17.9. The number of nitrogens with zero attached hydrogens (tertiary/aromatic N) is 2. The standard InChI is InChI=1S/C23H24N4O3S/c1-13-5-8-17-18(9-13)31-22-20(17)23(30)27(12-24-22)11-19(28)25-16-4-2-3-14(10-16)21(29)26-15-6-7-15/h2-4,10,12-13,15H,5-9,11H2,1H3,(H,25,28)(H,26,29). The van der Waals surface area contributed by atoms with Gasteiger partial charge in [-0.1, -0.05) is 13.0 Å². The van der Waals surface area contributed by atoms with Gasteiger partial charge in [0.05, 0.1) is 11.7 Å². The van der Waals surface area contributed by atoms with E-state index in [0.29, 0.717) is 22.6 Å². The molecule has 3 aromatic rings. The second kappa shape index (κ2) is 7.92. The quantitative estimate of drug-likeness (QED) is 0.643. The minimum absolute atomic E-state index is 0.124. The number of rotatable bonds is 5. The van der Waals surface area contributed by atoms with E-state index in [1.807, 2.05) is 0 Å². The van der Waals surface area contributed by atoms with Crippen molar-refractivity contribution in [3.63, 3.8) is 0 Å². The summed E-state index contributed by atoms with van der Waals surface area (Å²) < 4.78 is 1.37. The number of amides is 2. The van der Waals surface area contributed by atoms with Crippen molar-refractivity contribution >= 4 is 39.1 Å². The van der Waals surface area contributed by atoms with Gasteiger partial charge in [0.15, 0.2) is 0 Å². The molecule has 1 atom stereocenters. The Labute approximate surface area is 183 Å². The monoisotopic (exact) mass is 436 g/mol. The summed E-state index contributed by atoms with van der Waals surface area (Å²) in [6.07, 6.45) is 6.43. The number of nitrogens with one attached hydrogen (secondary N) is 2. The van der Waals surface area contributed by atoms with Gasteiger partial charge in [0.2, 0.25) is 5.91 Å². The SMILES string of the molecule is CC1CCc2c(sc3ncn(CC(=O)Nc4cccc(C(=O)NC5CC5)c4)c(=O)c23)C1. The molecule has 0 bridgehead atoms. The lowest BCUT2D eigenvalue weighted by Gasteiger charge is -2.17. The summed E-state index contributed by atoms with van der Waals surface area (Å²) in [6, 6.07) is 7.10. The first-order valence-electron chi connectivity index (χ1n) is 10.7. The van der Waals surface area contributed by atoms with Gasteiger partial charge in [-0.05, 0) is 61.8 Å². The van der Waals surface area contributed by atoms with Crippen molar-refractivity contribution in [1.82, 2.24) is 14.9 Å². The van der Waals surface area contributed by atoms with Crippen LogP contribution < -0.4 is 16.2 Å². The highest BCUT2D eigenvalue weighted by atomic mass is 32.1. The third kappa shape index (κ3) is 4.12. The minimum Gasteiger partial charge on any atom is -0.349 e. The van der Waals surface area contributed by atoms with Crippen molar-refractivity contribution in [2.45, 2.75) is 51.6 Å². The Hall–Kier alpha value is -3.00. The molecule has 1 unspecified atom stereocenters. The smallest absolute Gasteiger partial charge is 0.262 e. The molecule has 0 spiro atoms. The van der Waals surface area contributed by atoms with Crippen LogP contribution in [0.15, 0.2) is 35.4 Å². The van der Waals surface area contributed by atoms with Gasteiger partial charge in [-0.3, -0.25) is 19.0 Å². The van der Waals surface area contributed by atoms with Crippen molar-refractivity contribution in [2.75, 3.05) is 5.32 Å². The molecule has 2 aromatic heterocycles. The van der Waals surface area contributed by atoms with Crippen LogP contribution in [0.3, 0.4) is 0 Å². The predicted molar refractivity (Wildman–Crippen MR) is 121 cm³/mol. The molecule has 2 aliphatic rings. The van der Waals surface area contributed by atoms with Crippen molar-refractivity contribution in [3.05, 3.63) is 57.0 Å². The van der Waals surface area contributed by atoms with E-state index in [9.17, 15) is 14.4 Å². The van der Waals surface area contributed by atoms with Crippen molar-refractivity contribution in [3.8, 4) is 0 Å². The van der Waals surface area contributed by atoms with Crippen LogP contribution in [0.25, 0.3) is 10.2 Å². The van der Waals surface area contributed by atoms with Crippen LogP contribution in [0.5, 0.6) is 0 Å². The van der Waals surface area contributed by atoms with E-state index in [0.717, 1.165) is 42.5 Å². The van der Waals surface area contributed by atoms with Gasteiger partial charge >= 0.3 is 0 Å². The lowest BCUT2D eigenvalue weighted by atomic mass is 9.89. The Morgan fingerprint density at radius 2 is 2.10 bits per heavy atom. The number of benzene rings is 1. The van der Waals surface area contributed by atoms with Crippen LogP contribution in [0.2, 0.25) is 0 Å². The highest BCUT2D eigenvalue weighted by molar-refractivity contribution is 7.18. The summed E-state index contributed by atoms with van der Waals surface area (Å²) in [6.45, 7) is 2.11. The molecule has 8 heteroatoms. The number of fused-ring (bicyclic) bond motifs is 3. The van der Waals surface area contributed by atoms with Crippen LogP contribution in [-0.2, 0) is 24.2 Å². The number of aromatic nitrogens is 2. The molecule has 2 N–H and O–H groups in total. The molecule has 1 fully saturated rings.